The molecule has 0 amide bonds. The van der Waals surface area contributed by atoms with Crippen LogP contribution < -0.4 is 5.32 Å². The van der Waals surface area contributed by atoms with E-state index in [2.05, 4.69) is 41.5 Å². The van der Waals surface area contributed by atoms with E-state index < -0.39 is 0 Å². The summed E-state index contributed by atoms with van der Waals surface area (Å²) >= 11 is 0. The van der Waals surface area contributed by atoms with Gasteiger partial charge in [-0.15, -0.1) is 0 Å². The third kappa shape index (κ3) is 2.42. The molecule has 1 fully saturated rings. The lowest BCUT2D eigenvalue weighted by Gasteiger charge is -2.39. The second-order valence-electron chi connectivity index (χ2n) is 6.21. The first-order valence-corrected chi connectivity index (χ1v) is 7.14. The Kier molecular flexibility index (Phi) is 3.13. The number of nitrogens with zero attached hydrogens (tertiary/aromatic N) is 2. The standard InChI is InChI=1S/C16H21N3/c1-16(2)10-6-5-9-15(16)18-14-11-17-19-13-8-4-3-7-12(13)14/h3-4,7-8,11,15H,5-6,9-10H2,1-2H3,(H,18,19). The monoisotopic (exact) mass is 255 g/mol. The van der Waals surface area contributed by atoms with E-state index in [1.807, 2.05) is 18.3 Å². The second kappa shape index (κ2) is 4.80. The lowest BCUT2D eigenvalue weighted by atomic mass is 9.73. The van der Waals surface area contributed by atoms with Gasteiger partial charge in [-0.3, -0.25) is 0 Å². The van der Waals surface area contributed by atoms with Gasteiger partial charge in [-0.1, -0.05) is 44.9 Å². The van der Waals surface area contributed by atoms with Crippen LogP contribution in [0.15, 0.2) is 30.5 Å². The van der Waals surface area contributed by atoms with Gasteiger partial charge in [0.1, 0.15) is 0 Å². The van der Waals surface area contributed by atoms with Crippen molar-refractivity contribution in [2.24, 2.45) is 5.41 Å². The third-order valence-corrected chi connectivity index (χ3v) is 4.38. The lowest BCUT2D eigenvalue weighted by Crippen LogP contribution is -2.39. The largest absolute Gasteiger partial charge is 0.380 e. The molecule has 1 atom stereocenters. The van der Waals surface area contributed by atoms with E-state index >= 15 is 0 Å². The molecule has 0 aliphatic heterocycles. The average Bonchev–Trinajstić information content (AvgIpc) is 2.41. The molecule has 0 spiro atoms. The number of aromatic nitrogens is 2. The van der Waals surface area contributed by atoms with E-state index in [-0.39, 0.29) is 0 Å². The first kappa shape index (κ1) is 12.4. The van der Waals surface area contributed by atoms with E-state index in [1.54, 1.807) is 0 Å². The predicted octanol–water partition coefficient (Wildman–Crippen LogP) is 4.01. The van der Waals surface area contributed by atoms with Crippen LogP contribution in [0, 0.1) is 5.41 Å². The van der Waals surface area contributed by atoms with Gasteiger partial charge in [0.25, 0.3) is 0 Å². The Morgan fingerprint density at radius 1 is 1.21 bits per heavy atom. The summed E-state index contributed by atoms with van der Waals surface area (Å²) in [5, 5.41) is 13.2. The van der Waals surface area contributed by atoms with Crippen LogP contribution >= 0.6 is 0 Å². The summed E-state index contributed by atoms with van der Waals surface area (Å²) in [7, 11) is 0. The molecule has 2 aromatic rings. The molecule has 1 N–H and O–H groups in total. The zero-order chi connectivity index (χ0) is 13.3. The SMILES string of the molecule is CC1(C)CCCCC1Nc1cnnc2ccccc12. The quantitative estimate of drug-likeness (QED) is 0.881. The Labute approximate surface area is 114 Å². The molecule has 100 valence electrons. The van der Waals surface area contributed by atoms with Crippen molar-refractivity contribution in [1.82, 2.24) is 10.2 Å². The van der Waals surface area contributed by atoms with Crippen LogP contribution in [0.5, 0.6) is 0 Å². The number of benzene rings is 1. The van der Waals surface area contributed by atoms with Crippen molar-refractivity contribution in [3.05, 3.63) is 30.5 Å². The zero-order valence-electron chi connectivity index (χ0n) is 11.7. The number of hydrogen-bond donors (Lipinski definition) is 1. The van der Waals surface area contributed by atoms with Gasteiger partial charge in [0.05, 0.1) is 17.4 Å². The highest BCUT2D eigenvalue weighted by atomic mass is 15.1. The van der Waals surface area contributed by atoms with E-state index in [9.17, 15) is 0 Å². The molecular formula is C16H21N3. The number of fused-ring (bicyclic) bond motifs is 1. The van der Waals surface area contributed by atoms with Crippen LogP contribution in [0.1, 0.15) is 39.5 Å². The van der Waals surface area contributed by atoms with Gasteiger partial charge in [0.15, 0.2) is 0 Å². The molecule has 1 saturated carbocycles. The molecule has 19 heavy (non-hydrogen) atoms. The van der Waals surface area contributed by atoms with E-state index in [0.29, 0.717) is 11.5 Å². The summed E-state index contributed by atoms with van der Waals surface area (Å²) in [4.78, 5) is 0. The van der Waals surface area contributed by atoms with Gasteiger partial charge in [0, 0.05) is 11.4 Å². The lowest BCUT2D eigenvalue weighted by molar-refractivity contribution is 0.217. The molecule has 1 aliphatic rings. The fourth-order valence-electron chi connectivity index (χ4n) is 3.07. The summed E-state index contributed by atoms with van der Waals surface area (Å²) in [5.41, 5.74) is 2.43. The van der Waals surface area contributed by atoms with Crippen LogP contribution in [0.4, 0.5) is 5.69 Å². The number of hydrogen-bond acceptors (Lipinski definition) is 3. The summed E-state index contributed by atoms with van der Waals surface area (Å²) in [6, 6.07) is 8.71. The molecule has 0 radical (unpaired) electrons. The number of anilines is 1. The van der Waals surface area contributed by atoms with Crippen molar-refractivity contribution < 1.29 is 0 Å². The summed E-state index contributed by atoms with van der Waals surface area (Å²) < 4.78 is 0. The maximum Gasteiger partial charge on any atom is 0.0950 e. The Bertz CT molecular complexity index is 572. The highest BCUT2D eigenvalue weighted by molar-refractivity contribution is 5.90. The van der Waals surface area contributed by atoms with Crippen molar-refractivity contribution in [3.63, 3.8) is 0 Å². The molecule has 1 aromatic carbocycles. The minimum atomic E-state index is 0.350. The van der Waals surface area contributed by atoms with Crippen molar-refractivity contribution in [2.45, 2.75) is 45.6 Å². The maximum absolute atomic E-state index is 4.18. The minimum absolute atomic E-state index is 0.350. The van der Waals surface area contributed by atoms with Gasteiger partial charge in [-0.25, -0.2) is 0 Å². The van der Waals surface area contributed by atoms with Crippen LogP contribution in [0.3, 0.4) is 0 Å². The number of nitrogens with one attached hydrogen (secondary N) is 1. The summed E-state index contributed by atoms with van der Waals surface area (Å²) in [6.07, 6.45) is 7.05. The minimum Gasteiger partial charge on any atom is -0.380 e. The summed E-state index contributed by atoms with van der Waals surface area (Å²) in [5.74, 6) is 0. The van der Waals surface area contributed by atoms with E-state index in [4.69, 9.17) is 0 Å². The maximum atomic E-state index is 4.18. The molecule has 0 bridgehead atoms. The zero-order valence-corrected chi connectivity index (χ0v) is 11.7. The van der Waals surface area contributed by atoms with E-state index in [0.717, 1.165) is 11.2 Å². The Balaban J connectivity index is 1.93. The van der Waals surface area contributed by atoms with E-state index in [1.165, 1.54) is 31.1 Å². The Morgan fingerprint density at radius 2 is 2.05 bits per heavy atom. The molecule has 1 heterocycles. The van der Waals surface area contributed by atoms with Gasteiger partial charge in [-0.2, -0.15) is 10.2 Å². The van der Waals surface area contributed by atoms with Gasteiger partial charge in [-0.05, 0) is 24.3 Å². The normalized spacial score (nSPS) is 22.3. The van der Waals surface area contributed by atoms with Crippen LogP contribution in [0.25, 0.3) is 10.9 Å². The summed E-state index contributed by atoms with van der Waals surface area (Å²) in [6.45, 7) is 4.72. The molecule has 3 nitrogen and oxygen atoms in total. The Hall–Kier alpha value is -1.64. The van der Waals surface area contributed by atoms with Crippen LogP contribution in [-0.4, -0.2) is 16.2 Å². The molecule has 1 aromatic heterocycles. The predicted molar refractivity (Wildman–Crippen MR) is 79.2 cm³/mol. The molecule has 0 saturated heterocycles. The second-order valence-corrected chi connectivity index (χ2v) is 6.21. The fourth-order valence-corrected chi connectivity index (χ4v) is 3.07. The van der Waals surface area contributed by atoms with Crippen LogP contribution in [-0.2, 0) is 0 Å². The van der Waals surface area contributed by atoms with Crippen molar-refractivity contribution >= 4 is 16.6 Å². The van der Waals surface area contributed by atoms with Crippen LogP contribution in [0.2, 0.25) is 0 Å². The highest BCUT2D eigenvalue weighted by Crippen LogP contribution is 2.37. The molecule has 1 unspecified atom stereocenters. The molecule has 3 heteroatoms. The average molecular weight is 255 g/mol. The smallest absolute Gasteiger partial charge is 0.0950 e. The topological polar surface area (TPSA) is 37.8 Å². The van der Waals surface area contributed by atoms with Gasteiger partial charge in [0.2, 0.25) is 0 Å². The van der Waals surface area contributed by atoms with Crippen molar-refractivity contribution in [3.8, 4) is 0 Å². The van der Waals surface area contributed by atoms with Crippen molar-refractivity contribution in [1.29, 1.82) is 0 Å². The fraction of sp³-hybridized carbons (Fsp3) is 0.500. The van der Waals surface area contributed by atoms with Gasteiger partial charge >= 0.3 is 0 Å². The molecule has 3 rings (SSSR count). The molecule has 1 aliphatic carbocycles. The third-order valence-electron chi connectivity index (χ3n) is 4.38. The van der Waals surface area contributed by atoms with Crippen molar-refractivity contribution in [2.75, 3.05) is 5.32 Å². The number of rotatable bonds is 2. The van der Waals surface area contributed by atoms with Gasteiger partial charge < -0.3 is 5.32 Å². The first-order valence-electron chi connectivity index (χ1n) is 7.14. The highest BCUT2D eigenvalue weighted by Gasteiger charge is 2.32. The first-order chi connectivity index (χ1) is 9.17. The molecular weight excluding hydrogens is 234 g/mol. The Morgan fingerprint density at radius 3 is 2.89 bits per heavy atom.